The van der Waals surface area contributed by atoms with Crippen LogP contribution in [-0.4, -0.2) is 26.8 Å². The highest BCUT2D eigenvalue weighted by Crippen LogP contribution is 2.33. The maximum atomic E-state index is 12.2. The van der Waals surface area contributed by atoms with E-state index in [4.69, 9.17) is 0 Å². The first-order valence-corrected chi connectivity index (χ1v) is 7.35. The molecule has 0 spiro atoms. The summed E-state index contributed by atoms with van der Waals surface area (Å²) in [6, 6.07) is 4.72. The second-order valence-electron chi connectivity index (χ2n) is 6.25. The molecule has 0 saturated heterocycles. The van der Waals surface area contributed by atoms with E-state index >= 15 is 0 Å². The first-order valence-electron chi connectivity index (χ1n) is 7.35. The zero-order valence-electron chi connectivity index (χ0n) is 14.1. The van der Waals surface area contributed by atoms with Gasteiger partial charge < -0.3 is 15.4 Å². The van der Waals surface area contributed by atoms with Crippen molar-refractivity contribution in [2.75, 3.05) is 10.6 Å². The second kappa shape index (κ2) is 7.02. The van der Waals surface area contributed by atoms with Crippen LogP contribution in [0.1, 0.15) is 20.8 Å². The van der Waals surface area contributed by atoms with E-state index < -0.39 is 22.6 Å². The fourth-order valence-electron chi connectivity index (χ4n) is 1.97. The van der Waals surface area contributed by atoms with Crippen molar-refractivity contribution in [2.45, 2.75) is 32.7 Å². The number of ether oxygens (including phenoxy) is 1. The van der Waals surface area contributed by atoms with Gasteiger partial charge in [0.2, 0.25) is 11.6 Å². The molecule has 26 heavy (non-hydrogen) atoms. The average Bonchev–Trinajstić information content (AvgIpc) is 2.46. The number of benzene rings is 1. The summed E-state index contributed by atoms with van der Waals surface area (Å²) in [5.41, 5.74) is -0.562. The fourth-order valence-corrected chi connectivity index (χ4v) is 1.97. The van der Waals surface area contributed by atoms with Crippen molar-refractivity contribution in [2.24, 2.45) is 0 Å². The number of nitrogens with one attached hydrogen (secondary N) is 2. The molecular formula is C15H16F3N5O3. The van der Waals surface area contributed by atoms with Crippen molar-refractivity contribution >= 4 is 23.0 Å². The molecule has 8 nitrogen and oxygen atoms in total. The molecule has 11 heteroatoms. The van der Waals surface area contributed by atoms with E-state index in [1.54, 1.807) is 0 Å². The number of hydrogen-bond acceptors (Lipinski definition) is 7. The van der Waals surface area contributed by atoms with Crippen molar-refractivity contribution in [1.29, 1.82) is 0 Å². The van der Waals surface area contributed by atoms with Crippen LogP contribution in [0.25, 0.3) is 0 Å². The molecule has 0 atom stereocenters. The number of aromatic nitrogens is 2. The van der Waals surface area contributed by atoms with Crippen LogP contribution in [-0.2, 0) is 0 Å². The van der Waals surface area contributed by atoms with Crippen molar-refractivity contribution in [3.05, 3.63) is 40.7 Å². The predicted molar refractivity (Wildman–Crippen MR) is 88.5 cm³/mol. The van der Waals surface area contributed by atoms with Gasteiger partial charge in [-0.25, -0.2) is 9.97 Å². The number of nitrogens with zero attached hydrogens (tertiary/aromatic N) is 3. The minimum absolute atomic E-state index is 0.0250. The molecule has 0 aliphatic rings. The van der Waals surface area contributed by atoms with Crippen LogP contribution in [0.5, 0.6) is 5.75 Å². The summed E-state index contributed by atoms with van der Waals surface area (Å²) < 4.78 is 40.3. The molecule has 1 heterocycles. The predicted octanol–water partition coefficient (Wildman–Crippen LogP) is 4.24. The monoisotopic (exact) mass is 371 g/mol. The topological polar surface area (TPSA) is 102 Å². The number of halogens is 3. The molecular weight excluding hydrogens is 355 g/mol. The van der Waals surface area contributed by atoms with E-state index in [1.165, 1.54) is 12.1 Å². The fraction of sp³-hybridized carbons (Fsp3) is 0.333. The maximum Gasteiger partial charge on any atom is 0.573 e. The lowest BCUT2D eigenvalue weighted by atomic mass is 10.1. The molecule has 0 aliphatic carbocycles. The third kappa shape index (κ3) is 5.46. The molecule has 0 aliphatic heterocycles. The minimum Gasteiger partial charge on any atom is -0.406 e. The van der Waals surface area contributed by atoms with Gasteiger partial charge in [0.15, 0.2) is 0 Å². The highest BCUT2D eigenvalue weighted by atomic mass is 19.4. The SMILES string of the molecule is CC(C)(C)Nc1ncnc(Nc2ccc(OC(F)(F)F)cc2)c1[N+](=O)[O-]. The largest absolute Gasteiger partial charge is 0.573 e. The zero-order chi connectivity index (χ0) is 19.5. The van der Waals surface area contributed by atoms with Gasteiger partial charge in [0.05, 0.1) is 4.92 Å². The molecule has 0 radical (unpaired) electrons. The lowest BCUT2D eigenvalue weighted by Gasteiger charge is -2.21. The molecule has 140 valence electrons. The summed E-state index contributed by atoms with van der Waals surface area (Å²) >= 11 is 0. The average molecular weight is 371 g/mol. The third-order valence-electron chi connectivity index (χ3n) is 2.85. The molecule has 2 N–H and O–H groups in total. The first kappa shape index (κ1) is 19.2. The van der Waals surface area contributed by atoms with E-state index in [0.29, 0.717) is 5.69 Å². The van der Waals surface area contributed by atoms with Gasteiger partial charge in [-0.15, -0.1) is 13.2 Å². The van der Waals surface area contributed by atoms with E-state index in [2.05, 4.69) is 25.3 Å². The summed E-state index contributed by atoms with van der Waals surface area (Å²) in [5.74, 6) is -0.478. The Morgan fingerprint density at radius 3 is 2.15 bits per heavy atom. The molecule has 0 unspecified atom stereocenters. The van der Waals surface area contributed by atoms with Crippen LogP contribution in [0.3, 0.4) is 0 Å². The normalized spacial score (nSPS) is 11.8. The molecule has 1 aromatic heterocycles. The van der Waals surface area contributed by atoms with Gasteiger partial charge in [-0.1, -0.05) is 0 Å². The van der Waals surface area contributed by atoms with Gasteiger partial charge in [0, 0.05) is 11.2 Å². The van der Waals surface area contributed by atoms with Gasteiger partial charge in [-0.3, -0.25) is 10.1 Å². The summed E-state index contributed by atoms with van der Waals surface area (Å²) in [6.45, 7) is 5.43. The molecule has 2 rings (SSSR count). The van der Waals surface area contributed by atoms with E-state index in [9.17, 15) is 23.3 Å². The number of nitro groups is 1. The highest BCUT2D eigenvalue weighted by Gasteiger charge is 2.31. The quantitative estimate of drug-likeness (QED) is 0.599. The molecule has 0 amide bonds. The molecule has 0 bridgehead atoms. The maximum absolute atomic E-state index is 12.2. The first-order chi connectivity index (χ1) is 11.9. The van der Waals surface area contributed by atoms with Gasteiger partial charge in [-0.2, -0.15) is 0 Å². The van der Waals surface area contributed by atoms with Crippen LogP contribution >= 0.6 is 0 Å². The smallest absolute Gasteiger partial charge is 0.406 e. The van der Waals surface area contributed by atoms with Gasteiger partial charge in [0.25, 0.3) is 0 Å². The Balaban J connectivity index is 2.29. The Morgan fingerprint density at radius 2 is 1.65 bits per heavy atom. The Labute approximate surface area is 146 Å². The molecule has 1 aromatic carbocycles. The Kier molecular flexibility index (Phi) is 5.19. The van der Waals surface area contributed by atoms with Crippen LogP contribution in [0.4, 0.5) is 36.2 Å². The summed E-state index contributed by atoms with van der Waals surface area (Å²) in [5, 5.41) is 17.0. The second-order valence-corrected chi connectivity index (χ2v) is 6.25. The highest BCUT2D eigenvalue weighted by molar-refractivity contribution is 5.74. The van der Waals surface area contributed by atoms with Gasteiger partial charge in [-0.05, 0) is 45.0 Å². The number of rotatable bonds is 5. The lowest BCUT2D eigenvalue weighted by molar-refractivity contribution is -0.383. The number of alkyl halides is 3. The van der Waals surface area contributed by atoms with E-state index in [-0.39, 0.29) is 17.3 Å². The lowest BCUT2D eigenvalue weighted by Crippen LogP contribution is -2.27. The molecule has 2 aromatic rings. The van der Waals surface area contributed by atoms with Gasteiger partial charge >= 0.3 is 12.0 Å². The Bertz CT molecular complexity index is 789. The van der Waals surface area contributed by atoms with Crippen LogP contribution in [0.15, 0.2) is 30.6 Å². The van der Waals surface area contributed by atoms with Gasteiger partial charge in [0.1, 0.15) is 12.1 Å². The van der Waals surface area contributed by atoms with E-state index in [1.807, 2.05) is 20.8 Å². The Morgan fingerprint density at radius 1 is 1.08 bits per heavy atom. The minimum atomic E-state index is -4.80. The van der Waals surface area contributed by atoms with Crippen molar-refractivity contribution in [3.63, 3.8) is 0 Å². The Hall–Kier alpha value is -3.11. The standard InChI is InChI=1S/C15H16F3N5O3/c1-14(2,3)22-13-11(23(24)25)12(19-8-20-13)21-9-4-6-10(7-5-9)26-15(16,17)18/h4-8H,1-3H3,(H2,19,20,21,22). The van der Waals surface area contributed by atoms with Crippen LogP contribution in [0, 0.1) is 10.1 Å². The third-order valence-corrected chi connectivity index (χ3v) is 2.85. The number of anilines is 3. The van der Waals surface area contributed by atoms with Crippen LogP contribution < -0.4 is 15.4 Å². The summed E-state index contributed by atoms with van der Waals surface area (Å²) in [6.07, 6.45) is -3.65. The summed E-state index contributed by atoms with van der Waals surface area (Å²) in [7, 11) is 0. The zero-order valence-corrected chi connectivity index (χ0v) is 14.1. The van der Waals surface area contributed by atoms with Crippen LogP contribution in [0.2, 0.25) is 0 Å². The molecule has 0 fully saturated rings. The van der Waals surface area contributed by atoms with E-state index in [0.717, 1.165) is 18.5 Å². The van der Waals surface area contributed by atoms with Crippen molar-refractivity contribution < 1.29 is 22.8 Å². The van der Waals surface area contributed by atoms with Crippen molar-refractivity contribution in [3.8, 4) is 5.75 Å². The molecule has 0 saturated carbocycles. The van der Waals surface area contributed by atoms with Crippen molar-refractivity contribution in [1.82, 2.24) is 9.97 Å². The summed E-state index contributed by atoms with van der Waals surface area (Å²) in [4.78, 5) is 18.5. The number of hydrogen-bond donors (Lipinski definition) is 2.